The van der Waals surface area contributed by atoms with Crippen LogP contribution in [0.3, 0.4) is 0 Å². The van der Waals surface area contributed by atoms with Gasteiger partial charge in [0.15, 0.2) is 5.78 Å². The number of hydrogen-bond donors (Lipinski definition) is 1. The Morgan fingerprint density at radius 2 is 1.77 bits per heavy atom. The first-order valence-electron chi connectivity index (χ1n) is 11.2. The number of carbonyl (C=O) groups is 3. The lowest BCUT2D eigenvalue weighted by molar-refractivity contribution is -0.147. The maximum Gasteiger partial charge on any atom is 0.246 e. The van der Waals surface area contributed by atoms with Gasteiger partial charge in [-0.25, -0.2) is 0 Å². The topological polar surface area (TPSA) is 66.5 Å². The Morgan fingerprint density at radius 3 is 2.52 bits per heavy atom. The molecule has 2 heterocycles. The summed E-state index contributed by atoms with van der Waals surface area (Å²) in [6, 6.07) is 16.8. The first kappa shape index (κ1) is 21.3. The molecule has 2 aliphatic heterocycles. The standard InChI is InChI=1S/C26H30N2O3/c1-17(15-19-9-4-3-5-10-19)25(30)27-22-16-20-11-6-7-12-21(20)24-14-8-13-23(18(2)29)28(24)26(22)31/h3-7,9-12,17,22-24H,8,13-16H2,1-2H3,(H,27,30). The van der Waals surface area contributed by atoms with E-state index >= 15 is 0 Å². The monoisotopic (exact) mass is 418 g/mol. The molecule has 31 heavy (non-hydrogen) atoms. The molecule has 4 atom stereocenters. The van der Waals surface area contributed by atoms with Gasteiger partial charge in [-0.2, -0.15) is 0 Å². The maximum absolute atomic E-state index is 13.6. The zero-order valence-electron chi connectivity index (χ0n) is 18.2. The van der Waals surface area contributed by atoms with Crippen LogP contribution in [-0.2, 0) is 27.2 Å². The lowest BCUT2D eigenvalue weighted by Gasteiger charge is -2.41. The second-order valence-corrected chi connectivity index (χ2v) is 8.87. The number of hydrogen-bond acceptors (Lipinski definition) is 3. The Labute approximate surface area is 183 Å². The molecule has 1 fully saturated rings. The molecule has 2 aliphatic rings. The van der Waals surface area contributed by atoms with E-state index in [1.54, 1.807) is 11.8 Å². The van der Waals surface area contributed by atoms with E-state index in [9.17, 15) is 14.4 Å². The second kappa shape index (κ2) is 9.04. The minimum atomic E-state index is -0.656. The Balaban J connectivity index is 1.59. The molecule has 2 aromatic carbocycles. The van der Waals surface area contributed by atoms with Crippen LogP contribution >= 0.6 is 0 Å². The Kier molecular flexibility index (Phi) is 6.21. The van der Waals surface area contributed by atoms with E-state index in [1.807, 2.05) is 55.5 Å². The van der Waals surface area contributed by atoms with E-state index < -0.39 is 12.1 Å². The zero-order valence-corrected chi connectivity index (χ0v) is 18.2. The largest absolute Gasteiger partial charge is 0.344 e. The van der Waals surface area contributed by atoms with Gasteiger partial charge in [-0.05, 0) is 49.3 Å². The Bertz CT molecular complexity index is 972. The molecule has 0 saturated carbocycles. The molecule has 1 N–H and O–H groups in total. The van der Waals surface area contributed by atoms with Crippen LogP contribution in [0, 0.1) is 5.92 Å². The molecular weight excluding hydrogens is 388 g/mol. The molecular formula is C26H30N2O3. The molecule has 4 rings (SSSR count). The van der Waals surface area contributed by atoms with E-state index in [-0.39, 0.29) is 29.6 Å². The van der Waals surface area contributed by atoms with Crippen LogP contribution in [0.4, 0.5) is 0 Å². The van der Waals surface area contributed by atoms with Crippen molar-refractivity contribution in [1.82, 2.24) is 10.2 Å². The van der Waals surface area contributed by atoms with Crippen molar-refractivity contribution in [2.75, 3.05) is 0 Å². The molecule has 5 heteroatoms. The minimum Gasteiger partial charge on any atom is -0.344 e. The second-order valence-electron chi connectivity index (χ2n) is 8.87. The fourth-order valence-corrected chi connectivity index (χ4v) is 5.03. The van der Waals surface area contributed by atoms with Gasteiger partial charge in [-0.15, -0.1) is 0 Å². The van der Waals surface area contributed by atoms with Crippen LogP contribution in [0.1, 0.15) is 55.8 Å². The van der Waals surface area contributed by atoms with Gasteiger partial charge >= 0.3 is 0 Å². The predicted molar refractivity (Wildman–Crippen MR) is 119 cm³/mol. The van der Waals surface area contributed by atoms with Crippen LogP contribution in [0.15, 0.2) is 54.6 Å². The summed E-state index contributed by atoms with van der Waals surface area (Å²) in [7, 11) is 0. The average molecular weight is 419 g/mol. The van der Waals surface area contributed by atoms with Crippen molar-refractivity contribution in [1.29, 1.82) is 0 Å². The molecule has 0 aliphatic carbocycles. The van der Waals surface area contributed by atoms with Crippen LogP contribution in [0.2, 0.25) is 0 Å². The third-order valence-electron chi connectivity index (χ3n) is 6.64. The van der Waals surface area contributed by atoms with Gasteiger partial charge in [0, 0.05) is 12.3 Å². The van der Waals surface area contributed by atoms with Crippen molar-refractivity contribution in [2.24, 2.45) is 5.92 Å². The number of amides is 2. The minimum absolute atomic E-state index is 0.0138. The van der Waals surface area contributed by atoms with Gasteiger partial charge in [0.25, 0.3) is 0 Å². The van der Waals surface area contributed by atoms with Crippen LogP contribution < -0.4 is 5.32 Å². The highest BCUT2D eigenvalue weighted by atomic mass is 16.2. The van der Waals surface area contributed by atoms with Gasteiger partial charge in [0.1, 0.15) is 6.04 Å². The lowest BCUT2D eigenvalue weighted by atomic mass is 9.88. The third-order valence-corrected chi connectivity index (χ3v) is 6.64. The summed E-state index contributed by atoms with van der Waals surface area (Å²) >= 11 is 0. The van der Waals surface area contributed by atoms with Gasteiger partial charge in [0.05, 0.1) is 12.1 Å². The summed E-state index contributed by atoms with van der Waals surface area (Å²) in [6.45, 7) is 3.45. The number of ketones is 1. The number of piperidine rings is 1. The van der Waals surface area contributed by atoms with Crippen LogP contribution in [0.5, 0.6) is 0 Å². The van der Waals surface area contributed by atoms with Crippen molar-refractivity contribution in [2.45, 2.75) is 64.1 Å². The van der Waals surface area contributed by atoms with Gasteiger partial charge in [-0.3, -0.25) is 14.4 Å². The molecule has 2 aromatic rings. The lowest BCUT2D eigenvalue weighted by Crippen LogP contribution is -2.56. The Hall–Kier alpha value is -2.95. The molecule has 162 valence electrons. The SMILES string of the molecule is CC(=O)C1CCCC2c3ccccc3CC(NC(=O)C(C)Cc3ccccc3)C(=O)N12. The summed E-state index contributed by atoms with van der Waals surface area (Å²) in [4.78, 5) is 40.8. The summed E-state index contributed by atoms with van der Waals surface area (Å²) in [6.07, 6.45) is 3.52. The zero-order chi connectivity index (χ0) is 22.0. The summed E-state index contributed by atoms with van der Waals surface area (Å²) in [5.74, 6) is -0.509. The predicted octanol–water partition coefficient (Wildman–Crippen LogP) is 3.62. The highest BCUT2D eigenvalue weighted by Crippen LogP contribution is 2.39. The van der Waals surface area contributed by atoms with E-state index in [0.717, 1.165) is 29.5 Å². The van der Waals surface area contributed by atoms with E-state index in [1.165, 1.54) is 0 Å². The molecule has 0 aromatic heterocycles. The quantitative estimate of drug-likeness (QED) is 0.807. The normalized spacial score (nSPS) is 23.9. The summed E-state index contributed by atoms with van der Waals surface area (Å²) in [5.41, 5.74) is 3.28. The smallest absolute Gasteiger partial charge is 0.246 e. The molecule has 0 spiro atoms. The van der Waals surface area contributed by atoms with E-state index in [4.69, 9.17) is 0 Å². The number of fused-ring (bicyclic) bond motifs is 3. The number of nitrogens with zero attached hydrogens (tertiary/aromatic N) is 1. The number of benzene rings is 2. The van der Waals surface area contributed by atoms with Gasteiger partial charge in [-0.1, -0.05) is 61.5 Å². The third kappa shape index (κ3) is 4.41. The van der Waals surface area contributed by atoms with Crippen molar-refractivity contribution in [3.63, 3.8) is 0 Å². The molecule has 0 radical (unpaired) electrons. The number of carbonyl (C=O) groups excluding carboxylic acids is 3. The van der Waals surface area contributed by atoms with Gasteiger partial charge in [0.2, 0.25) is 11.8 Å². The van der Waals surface area contributed by atoms with Crippen LogP contribution in [-0.4, -0.2) is 34.6 Å². The molecule has 2 amide bonds. The first-order valence-corrected chi connectivity index (χ1v) is 11.2. The Morgan fingerprint density at radius 1 is 1.06 bits per heavy atom. The first-order chi connectivity index (χ1) is 15.0. The fraction of sp³-hybridized carbons (Fsp3) is 0.423. The van der Waals surface area contributed by atoms with Gasteiger partial charge < -0.3 is 10.2 Å². The molecule has 1 saturated heterocycles. The van der Waals surface area contributed by atoms with Crippen molar-refractivity contribution < 1.29 is 14.4 Å². The van der Waals surface area contributed by atoms with Crippen LogP contribution in [0.25, 0.3) is 0 Å². The fourth-order valence-electron chi connectivity index (χ4n) is 5.03. The van der Waals surface area contributed by atoms with Crippen molar-refractivity contribution >= 4 is 17.6 Å². The average Bonchev–Trinajstić information content (AvgIpc) is 2.89. The highest BCUT2D eigenvalue weighted by Gasteiger charge is 2.43. The number of nitrogens with one attached hydrogen (secondary N) is 1. The van der Waals surface area contributed by atoms with Crippen molar-refractivity contribution in [3.05, 3.63) is 71.3 Å². The number of rotatable bonds is 5. The summed E-state index contributed by atoms with van der Waals surface area (Å²) in [5, 5.41) is 3.02. The molecule has 0 bridgehead atoms. The molecule has 4 unspecified atom stereocenters. The van der Waals surface area contributed by atoms with E-state index in [0.29, 0.717) is 19.3 Å². The molecule has 5 nitrogen and oxygen atoms in total. The van der Waals surface area contributed by atoms with E-state index in [2.05, 4.69) is 11.4 Å². The summed E-state index contributed by atoms with van der Waals surface area (Å²) < 4.78 is 0. The number of Topliss-reactive ketones (excluding diaryl/α,β-unsaturated/α-hetero) is 1. The highest BCUT2D eigenvalue weighted by molar-refractivity contribution is 5.93. The van der Waals surface area contributed by atoms with Crippen molar-refractivity contribution in [3.8, 4) is 0 Å². The maximum atomic E-state index is 13.6.